The summed E-state index contributed by atoms with van der Waals surface area (Å²) in [7, 11) is 0. The molecule has 2 N–H and O–H groups in total. The van der Waals surface area contributed by atoms with E-state index in [1.165, 1.54) is 12.1 Å². The molecule has 0 aromatic heterocycles. The number of aryl methyl sites for hydroxylation is 1. The van der Waals surface area contributed by atoms with Crippen molar-refractivity contribution in [2.45, 2.75) is 32.9 Å². The van der Waals surface area contributed by atoms with Crippen LogP contribution in [0.1, 0.15) is 29.5 Å². The average molecular weight is 340 g/mol. The zero-order valence-electron chi connectivity index (χ0n) is 14.1. The second-order valence-corrected chi connectivity index (χ2v) is 6.56. The molecule has 5 heteroatoms. The topological polar surface area (TPSA) is 58.2 Å². The molecule has 2 amide bonds. The predicted molar refractivity (Wildman–Crippen MR) is 92.9 cm³/mol. The van der Waals surface area contributed by atoms with Crippen molar-refractivity contribution in [3.05, 3.63) is 71.0 Å². The Kier molecular flexibility index (Phi) is 4.83. The highest BCUT2D eigenvalue weighted by atomic mass is 19.1. The van der Waals surface area contributed by atoms with E-state index < -0.39 is 5.41 Å². The van der Waals surface area contributed by atoms with Gasteiger partial charge in [-0.05, 0) is 43.0 Å². The van der Waals surface area contributed by atoms with Gasteiger partial charge in [-0.3, -0.25) is 9.59 Å². The van der Waals surface area contributed by atoms with Crippen LogP contribution in [0, 0.1) is 18.2 Å². The van der Waals surface area contributed by atoms with Crippen molar-refractivity contribution in [2.24, 2.45) is 5.41 Å². The fourth-order valence-corrected chi connectivity index (χ4v) is 2.69. The molecule has 130 valence electrons. The minimum atomic E-state index is -0.954. The Balaban J connectivity index is 1.53. The van der Waals surface area contributed by atoms with Crippen LogP contribution in [0.15, 0.2) is 48.5 Å². The lowest BCUT2D eigenvalue weighted by Gasteiger charge is -2.15. The molecule has 1 aliphatic rings. The number of amides is 2. The van der Waals surface area contributed by atoms with Crippen molar-refractivity contribution in [1.29, 1.82) is 0 Å². The van der Waals surface area contributed by atoms with E-state index in [-0.39, 0.29) is 24.2 Å². The minimum absolute atomic E-state index is 0.232. The molecule has 0 spiro atoms. The van der Waals surface area contributed by atoms with E-state index in [0.717, 1.165) is 16.7 Å². The first kappa shape index (κ1) is 17.1. The van der Waals surface area contributed by atoms with Gasteiger partial charge in [0.2, 0.25) is 11.8 Å². The maximum Gasteiger partial charge on any atom is 0.235 e. The molecule has 1 fully saturated rings. The van der Waals surface area contributed by atoms with Crippen LogP contribution < -0.4 is 10.6 Å². The highest BCUT2D eigenvalue weighted by molar-refractivity contribution is 6.07. The van der Waals surface area contributed by atoms with Crippen LogP contribution in [0.3, 0.4) is 0 Å². The smallest absolute Gasteiger partial charge is 0.235 e. The standard InChI is InChI=1S/C20H21FN2O2/c1-14-2-4-15(5-3-14)12-22-18(24)20(10-11-20)19(25)23-13-16-6-8-17(21)9-7-16/h2-9H,10-13H2,1H3,(H,22,24)(H,23,25). The van der Waals surface area contributed by atoms with E-state index in [1.807, 2.05) is 31.2 Å². The molecule has 4 nitrogen and oxygen atoms in total. The van der Waals surface area contributed by atoms with E-state index in [2.05, 4.69) is 10.6 Å². The molecule has 0 atom stereocenters. The first-order valence-electron chi connectivity index (χ1n) is 8.36. The molecule has 0 radical (unpaired) electrons. The monoisotopic (exact) mass is 340 g/mol. The second kappa shape index (κ2) is 7.05. The number of hydrogen-bond acceptors (Lipinski definition) is 2. The van der Waals surface area contributed by atoms with Gasteiger partial charge in [0, 0.05) is 13.1 Å². The van der Waals surface area contributed by atoms with Gasteiger partial charge < -0.3 is 10.6 Å². The molecule has 0 aliphatic heterocycles. The van der Waals surface area contributed by atoms with Gasteiger partial charge in [0.05, 0.1) is 0 Å². The van der Waals surface area contributed by atoms with Crippen molar-refractivity contribution in [3.8, 4) is 0 Å². The molecular formula is C20H21FN2O2. The van der Waals surface area contributed by atoms with Crippen molar-refractivity contribution in [3.63, 3.8) is 0 Å². The summed E-state index contributed by atoms with van der Waals surface area (Å²) >= 11 is 0. The quantitative estimate of drug-likeness (QED) is 0.795. The third-order valence-electron chi connectivity index (χ3n) is 4.56. The summed E-state index contributed by atoms with van der Waals surface area (Å²) in [6, 6.07) is 13.8. The maximum absolute atomic E-state index is 12.9. The lowest BCUT2D eigenvalue weighted by Crippen LogP contribution is -2.42. The van der Waals surface area contributed by atoms with Gasteiger partial charge >= 0.3 is 0 Å². The van der Waals surface area contributed by atoms with Crippen molar-refractivity contribution in [1.82, 2.24) is 10.6 Å². The Morgan fingerprint density at radius 2 is 1.32 bits per heavy atom. The number of halogens is 1. The van der Waals surface area contributed by atoms with E-state index in [4.69, 9.17) is 0 Å². The van der Waals surface area contributed by atoms with Crippen LogP contribution in [0.4, 0.5) is 4.39 Å². The summed E-state index contributed by atoms with van der Waals surface area (Å²) in [5, 5.41) is 5.64. The van der Waals surface area contributed by atoms with Gasteiger partial charge in [-0.25, -0.2) is 4.39 Å². The summed E-state index contributed by atoms with van der Waals surface area (Å²) in [6.45, 7) is 2.70. The van der Waals surface area contributed by atoms with Crippen LogP contribution in [0.5, 0.6) is 0 Å². The summed E-state index contributed by atoms with van der Waals surface area (Å²) in [5.74, 6) is -0.813. The lowest BCUT2D eigenvalue weighted by molar-refractivity contribution is -0.137. The number of rotatable bonds is 6. The molecule has 1 saturated carbocycles. The van der Waals surface area contributed by atoms with Crippen LogP contribution in [0.2, 0.25) is 0 Å². The zero-order valence-corrected chi connectivity index (χ0v) is 14.1. The molecule has 25 heavy (non-hydrogen) atoms. The molecule has 2 aromatic carbocycles. The SMILES string of the molecule is Cc1ccc(CNC(=O)C2(C(=O)NCc3ccc(F)cc3)CC2)cc1. The lowest BCUT2D eigenvalue weighted by atomic mass is 10.0. The fraction of sp³-hybridized carbons (Fsp3) is 0.300. The van der Waals surface area contributed by atoms with Crippen LogP contribution in [0.25, 0.3) is 0 Å². The fourth-order valence-electron chi connectivity index (χ4n) is 2.69. The maximum atomic E-state index is 12.9. The van der Waals surface area contributed by atoms with Crippen LogP contribution in [-0.2, 0) is 22.7 Å². The highest BCUT2D eigenvalue weighted by Crippen LogP contribution is 2.46. The molecule has 3 rings (SSSR count). The third-order valence-corrected chi connectivity index (χ3v) is 4.56. The number of nitrogens with one attached hydrogen (secondary N) is 2. The molecule has 2 aromatic rings. The van der Waals surface area contributed by atoms with E-state index in [9.17, 15) is 14.0 Å². The number of benzene rings is 2. The molecule has 0 heterocycles. The van der Waals surface area contributed by atoms with Crippen LogP contribution in [-0.4, -0.2) is 11.8 Å². The molecule has 0 unspecified atom stereocenters. The van der Waals surface area contributed by atoms with E-state index >= 15 is 0 Å². The Bertz CT molecular complexity index is 702. The van der Waals surface area contributed by atoms with Gasteiger partial charge in [-0.1, -0.05) is 42.0 Å². The summed E-state index contributed by atoms with van der Waals surface area (Å²) in [4.78, 5) is 24.9. The first-order valence-corrected chi connectivity index (χ1v) is 8.36. The summed E-state index contributed by atoms with van der Waals surface area (Å²) in [6.07, 6.45) is 1.12. The molecule has 0 bridgehead atoms. The predicted octanol–water partition coefficient (Wildman–Crippen LogP) is 2.85. The highest BCUT2D eigenvalue weighted by Gasteiger charge is 2.56. The Morgan fingerprint density at radius 3 is 1.76 bits per heavy atom. The Morgan fingerprint density at radius 1 is 0.880 bits per heavy atom. The normalized spacial score (nSPS) is 14.6. The van der Waals surface area contributed by atoms with E-state index in [0.29, 0.717) is 19.4 Å². The first-order chi connectivity index (χ1) is 12.0. The van der Waals surface area contributed by atoms with Gasteiger partial charge in [-0.15, -0.1) is 0 Å². The van der Waals surface area contributed by atoms with Crippen molar-refractivity contribution in [2.75, 3.05) is 0 Å². The van der Waals surface area contributed by atoms with Crippen LogP contribution >= 0.6 is 0 Å². The molecule has 1 aliphatic carbocycles. The second-order valence-electron chi connectivity index (χ2n) is 6.56. The largest absolute Gasteiger partial charge is 0.351 e. The van der Waals surface area contributed by atoms with E-state index in [1.54, 1.807) is 12.1 Å². The summed E-state index contributed by atoms with van der Waals surface area (Å²) < 4.78 is 12.9. The minimum Gasteiger partial charge on any atom is -0.351 e. The van der Waals surface area contributed by atoms with Gasteiger partial charge in [0.25, 0.3) is 0 Å². The third kappa shape index (κ3) is 4.05. The average Bonchev–Trinajstić information content (AvgIpc) is 3.42. The zero-order chi connectivity index (χ0) is 17.9. The van der Waals surface area contributed by atoms with Gasteiger partial charge in [-0.2, -0.15) is 0 Å². The Labute approximate surface area is 146 Å². The summed E-state index contributed by atoms with van der Waals surface area (Å²) in [5.41, 5.74) is 2.01. The van der Waals surface area contributed by atoms with Crippen molar-refractivity contribution >= 4 is 11.8 Å². The van der Waals surface area contributed by atoms with Gasteiger partial charge in [0.1, 0.15) is 11.2 Å². The van der Waals surface area contributed by atoms with Gasteiger partial charge in [0.15, 0.2) is 0 Å². The number of carbonyl (C=O) groups is 2. The number of carbonyl (C=O) groups excluding carboxylic acids is 2. The molecule has 0 saturated heterocycles. The number of hydrogen-bond donors (Lipinski definition) is 2. The molecular weight excluding hydrogens is 319 g/mol. The Hall–Kier alpha value is -2.69. The van der Waals surface area contributed by atoms with Crippen molar-refractivity contribution < 1.29 is 14.0 Å².